The van der Waals surface area contributed by atoms with Crippen LogP contribution >= 0.6 is 0 Å². The van der Waals surface area contributed by atoms with Gasteiger partial charge in [0, 0.05) is 22.4 Å². The van der Waals surface area contributed by atoms with E-state index in [4.69, 9.17) is 4.74 Å². The molecule has 0 bridgehead atoms. The maximum absolute atomic E-state index is 12.0. The van der Waals surface area contributed by atoms with Crippen LogP contribution in [0.4, 0.5) is 0 Å². The maximum atomic E-state index is 12.0. The number of ether oxygens (including phenoxy) is 2. The summed E-state index contributed by atoms with van der Waals surface area (Å²) in [6.07, 6.45) is 0.956. The highest BCUT2D eigenvalue weighted by Gasteiger charge is 2.18. The van der Waals surface area contributed by atoms with Gasteiger partial charge in [-0.05, 0) is 18.2 Å². The van der Waals surface area contributed by atoms with Crippen LogP contribution < -0.4 is 0 Å². The molecule has 0 aliphatic carbocycles. The van der Waals surface area contributed by atoms with E-state index < -0.39 is 23.6 Å². The zero-order chi connectivity index (χ0) is 17.4. The Bertz CT molecular complexity index is 678. The predicted octanol–water partition coefficient (Wildman–Crippen LogP) is 2.01. The number of hydrogen-bond acceptors (Lipinski definition) is 7. The summed E-state index contributed by atoms with van der Waals surface area (Å²) in [5, 5.41) is 11.7. The van der Waals surface area contributed by atoms with Crippen molar-refractivity contribution in [2.24, 2.45) is 5.18 Å². The SMILES string of the molecule is C=CC(=O)OCCOC(=O)c1cc(C(=O)N=O)ccc1C(=C)O. The highest BCUT2D eigenvalue weighted by atomic mass is 16.6. The van der Waals surface area contributed by atoms with Crippen LogP contribution in [0.2, 0.25) is 0 Å². The molecule has 23 heavy (non-hydrogen) atoms. The van der Waals surface area contributed by atoms with Gasteiger partial charge in [-0.2, -0.15) is 0 Å². The van der Waals surface area contributed by atoms with Gasteiger partial charge >= 0.3 is 17.8 Å². The van der Waals surface area contributed by atoms with Gasteiger partial charge in [0.15, 0.2) is 0 Å². The standard InChI is InChI=1S/C15H13NO7/c1-3-13(18)22-6-7-23-15(20)12-8-10(14(19)16-21)4-5-11(12)9(2)17/h3-5,8,17H,1-2,6-7H2. The normalized spacial score (nSPS) is 9.57. The molecule has 0 radical (unpaired) electrons. The van der Waals surface area contributed by atoms with Crippen LogP contribution in [0.3, 0.4) is 0 Å². The number of hydrogen-bond donors (Lipinski definition) is 1. The number of esters is 2. The summed E-state index contributed by atoms with van der Waals surface area (Å²) >= 11 is 0. The zero-order valence-electron chi connectivity index (χ0n) is 12.0. The summed E-state index contributed by atoms with van der Waals surface area (Å²) in [7, 11) is 0. The fraction of sp³-hybridized carbons (Fsp3) is 0.133. The Balaban J connectivity index is 2.90. The molecule has 8 heteroatoms. The van der Waals surface area contributed by atoms with E-state index in [-0.39, 0.29) is 29.9 Å². The van der Waals surface area contributed by atoms with Gasteiger partial charge in [-0.15, -0.1) is 4.91 Å². The van der Waals surface area contributed by atoms with Crippen molar-refractivity contribution < 1.29 is 29.0 Å². The fourth-order valence-electron chi connectivity index (χ4n) is 1.56. The van der Waals surface area contributed by atoms with Crippen molar-refractivity contribution in [3.05, 3.63) is 59.0 Å². The number of aliphatic hydroxyl groups excluding tert-OH is 1. The lowest BCUT2D eigenvalue weighted by Crippen LogP contribution is -2.14. The van der Waals surface area contributed by atoms with Crippen LogP contribution in [0.5, 0.6) is 0 Å². The van der Waals surface area contributed by atoms with Crippen LogP contribution in [-0.2, 0) is 14.3 Å². The van der Waals surface area contributed by atoms with Crippen molar-refractivity contribution in [3.63, 3.8) is 0 Å². The second-order valence-electron chi connectivity index (χ2n) is 4.11. The van der Waals surface area contributed by atoms with Crippen LogP contribution in [0, 0.1) is 4.91 Å². The molecule has 0 saturated carbocycles. The smallest absolute Gasteiger partial charge is 0.339 e. The van der Waals surface area contributed by atoms with Crippen LogP contribution in [0.15, 0.2) is 42.6 Å². The Morgan fingerprint density at radius 3 is 2.39 bits per heavy atom. The molecule has 120 valence electrons. The first-order chi connectivity index (χ1) is 10.9. The molecule has 1 aromatic carbocycles. The number of benzene rings is 1. The third-order valence-electron chi connectivity index (χ3n) is 2.61. The second-order valence-corrected chi connectivity index (χ2v) is 4.11. The molecule has 1 rings (SSSR count). The predicted molar refractivity (Wildman–Crippen MR) is 79.7 cm³/mol. The molecule has 0 atom stereocenters. The van der Waals surface area contributed by atoms with Crippen LogP contribution in [0.25, 0.3) is 5.76 Å². The number of carbonyl (C=O) groups is 3. The van der Waals surface area contributed by atoms with Crippen LogP contribution in [-0.4, -0.2) is 36.2 Å². The summed E-state index contributed by atoms with van der Waals surface area (Å²) in [5.41, 5.74) is -0.294. The van der Waals surface area contributed by atoms with Crippen LogP contribution in [0.1, 0.15) is 26.3 Å². The fourth-order valence-corrected chi connectivity index (χ4v) is 1.56. The van der Waals surface area contributed by atoms with Gasteiger partial charge in [-0.1, -0.05) is 13.2 Å². The van der Waals surface area contributed by atoms with Gasteiger partial charge in [0.1, 0.15) is 19.0 Å². The molecular formula is C15H13NO7. The molecule has 0 aromatic heterocycles. The van der Waals surface area contributed by atoms with E-state index in [2.05, 4.69) is 23.1 Å². The van der Waals surface area contributed by atoms with Crippen molar-refractivity contribution in [2.75, 3.05) is 13.2 Å². The summed E-state index contributed by atoms with van der Waals surface area (Å²) in [6, 6.07) is 3.50. The zero-order valence-corrected chi connectivity index (χ0v) is 12.0. The minimum absolute atomic E-state index is 0.0283. The Kier molecular flexibility index (Phi) is 6.35. The van der Waals surface area contributed by atoms with Gasteiger partial charge in [0.2, 0.25) is 0 Å². The monoisotopic (exact) mass is 319 g/mol. The van der Waals surface area contributed by atoms with E-state index in [0.717, 1.165) is 12.1 Å². The van der Waals surface area contributed by atoms with E-state index in [1.807, 2.05) is 0 Å². The lowest BCUT2D eigenvalue weighted by atomic mass is 10.0. The van der Waals surface area contributed by atoms with Gasteiger partial charge in [-0.3, -0.25) is 4.79 Å². The highest BCUT2D eigenvalue weighted by Crippen LogP contribution is 2.19. The summed E-state index contributed by atoms with van der Waals surface area (Å²) in [6.45, 7) is 6.05. The Hall–Kier alpha value is -3.29. The third-order valence-corrected chi connectivity index (χ3v) is 2.61. The van der Waals surface area contributed by atoms with Crippen molar-refractivity contribution >= 4 is 23.6 Å². The molecule has 1 aromatic rings. The Morgan fingerprint density at radius 1 is 1.17 bits per heavy atom. The first-order valence-corrected chi connectivity index (χ1v) is 6.27. The Labute approximate surface area is 131 Å². The van der Waals surface area contributed by atoms with E-state index in [0.29, 0.717) is 0 Å². The second kappa shape index (κ2) is 8.23. The average Bonchev–Trinajstić information content (AvgIpc) is 2.56. The molecule has 8 nitrogen and oxygen atoms in total. The van der Waals surface area contributed by atoms with Gasteiger partial charge in [0.25, 0.3) is 0 Å². The number of carbonyl (C=O) groups excluding carboxylic acids is 3. The minimum Gasteiger partial charge on any atom is -0.508 e. The number of nitroso groups, excluding NO2 is 1. The number of aliphatic hydroxyl groups is 1. The number of rotatable bonds is 7. The van der Waals surface area contributed by atoms with Crippen molar-refractivity contribution in [3.8, 4) is 0 Å². The molecule has 0 unspecified atom stereocenters. The van der Waals surface area contributed by atoms with E-state index in [1.54, 1.807) is 0 Å². The molecule has 0 spiro atoms. The summed E-state index contributed by atoms with van der Waals surface area (Å²) in [5.74, 6) is -3.07. The lowest BCUT2D eigenvalue weighted by molar-refractivity contribution is -0.138. The van der Waals surface area contributed by atoms with Gasteiger partial charge < -0.3 is 14.6 Å². The highest BCUT2D eigenvalue weighted by molar-refractivity contribution is 6.00. The largest absolute Gasteiger partial charge is 0.508 e. The summed E-state index contributed by atoms with van der Waals surface area (Å²) in [4.78, 5) is 44.3. The molecule has 0 saturated heterocycles. The minimum atomic E-state index is -1.07. The van der Waals surface area contributed by atoms with Crippen molar-refractivity contribution in [1.82, 2.24) is 0 Å². The number of nitrogens with zero attached hydrogens (tertiary/aromatic N) is 1. The quantitative estimate of drug-likeness (QED) is 0.268. The first kappa shape index (κ1) is 17.8. The molecule has 0 aliphatic heterocycles. The summed E-state index contributed by atoms with van der Waals surface area (Å²) < 4.78 is 9.48. The molecule has 0 heterocycles. The third kappa shape index (κ3) is 4.88. The van der Waals surface area contributed by atoms with E-state index >= 15 is 0 Å². The topological polar surface area (TPSA) is 119 Å². The molecule has 0 aliphatic rings. The number of amides is 1. The van der Waals surface area contributed by atoms with Gasteiger partial charge in [0.05, 0.1) is 5.56 Å². The van der Waals surface area contributed by atoms with E-state index in [9.17, 15) is 24.4 Å². The van der Waals surface area contributed by atoms with Gasteiger partial charge in [-0.25, -0.2) is 9.59 Å². The lowest BCUT2D eigenvalue weighted by Gasteiger charge is -2.10. The average molecular weight is 319 g/mol. The first-order valence-electron chi connectivity index (χ1n) is 6.27. The van der Waals surface area contributed by atoms with Crippen molar-refractivity contribution in [2.45, 2.75) is 0 Å². The maximum Gasteiger partial charge on any atom is 0.339 e. The Morgan fingerprint density at radius 2 is 1.83 bits per heavy atom. The van der Waals surface area contributed by atoms with E-state index in [1.165, 1.54) is 12.1 Å². The van der Waals surface area contributed by atoms with Crippen molar-refractivity contribution in [1.29, 1.82) is 0 Å². The molecule has 1 N–H and O–H groups in total. The molecule has 1 amide bonds. The molecule has 0 fully saturated rings. The molecular weight excluding hydrogens is 306 g/mol.